The van der Waals surface area contributed by atoms with Gasteiger partial charge in [-0.1, -0.05) is 30.3 Å². The van der Waals surface area contributed by atoms with Crippen LogP contribution in [0, 0.1) is 6.92 Å². The van der Waals surface area contributed by atoms with Crippen molar-refractivity contribution >= 4 is 35.3 Å². The Hall–Kier alpha value is -4.13. The molecule has 0 saturated carbocycles. The van der Waals surface area contributed by atoms with Crippen molar-refractivity contribution in [2.24, 2.45) is 0 Å². The maximum absolute atomic E-state index is 12.8. The summed E-state index contributed by atoms with van der Waals surface area (Å²) in [6.45, 7) is 1.71. The fourth-order valence-corrected chi connectivity index (χ4v) is 3.64. The van der Waals surface area contributed by atoms with Gasteiger partial charge in [0.2, 0.25) is 0 Å². The highest BCUT2D eigenvalue weighted by atomic mass is 16.2. The lowest BCUT2D eigenvalue weighted by molar-refractivity contribution is 0.0912. The SMILES string of the molecule is Cc1ccc(N2C(=O)c3ccccc3C2=O)nc1N1C(=O)c2ccccc2C1=O. The molecule has 0 N–H and O–H groups in total. The minimum atomic E-state index is -0.490. The average Bonchev–Trinajstić information content (AvgIpc) is 3.14. The zero-order valence-corrected chi connectivity index (χ0v) is 15.2. The van der Waals surface area contributed by atoms with E-state index in [1.54, 1.807) is 61.5 Å². The van der Waals surface area contributed by atoms with Crippen LogP contribution in [-0.4, -0.2) is 28.6 Å². The van der Waals surface area contributed by atoms with Crippen LogP contribution in [0.15, 0.2) is 60.7 Å². The van der Waals surface area contributed by atoms with Gasteiger partial charge in [-0.25, -0.2) is 14.8 Å². The van der Waals surface area contributed by atoms with Gasteiger partial charge < -0.3 is 0 Å². The standard InChI is InChI=1S/C22H13N3O4/c1-12-10-11-17(24-19(26)13-6-2-3-7-14(13)20(24)27)23-18(12)25-21(28)15-8-4-5-9-16(15)22(25)29/h2-11H,1H3. The number of amides is 4. The number of aromatic nitrogens is 1. The number of imide groups is 2. The molecule has 140 valence electrons. The second-order valence-corrected chi connectivity index (χ2v) is 6.79. The number of aryl methyl sites for hydroxylation is 1. The Morgan fingerprint density at radius 3 is 1.45 bits per heavy atom. The molecule has 0 radical (unpaired) electrons. The highest BCUT2D eigenvalue weighted by molar-refractivity contribution is 6.35. The second kappa shape index (κ2) is 5.93. The summed E-state index contributed by atoms with van der Waals surface area (Å²) in [5, 5.41) is 0. The molecule has 7 heteroatoms. The fraction of sp³-hybridized carbons (Fsp3) is 0.0455. The lowest BCUT2D eigenvalue weighted by Crippen LogP contribution is -2.33. The first-order chi connectivity index (χ1) is 14.0. The number of anilines is 2. The molecule has 5 rings (SSSR count). The van der Waals surface area contributed by atoms with E-state index in [2.05, 4.69) is 4.98 Å². The molecule has 0 saturated heterocycles. The molecule has 29 heavy (non-hydrogen) atoms. The molecule has 1 aromatic heterocycles. The van der Waals surface area contributed by atoms with Gasteiger partial charge in [0, 0.05) is 0 Å². The molecule has 2 aliphatic rings. The third-order valence-corrected chi connectivity index (χ3v) is 5.08. The molecular weight excluding hydrogens is 370 g/mol. The molecule has 0 unspecified atom stereocenters. The predicted molar refractivity (Wildman–Crippen MR) is 104 cm³/mol. The first kappa shape index (κ1) is 17.0. The second-order valence-electron chi connectivity index (χ2n) is 6.79. The number of pyridine rings is 1. The van der Waals surface area contributed by atoms with Crippen LogP contribution >= 0.6 is 0 Å². The highest BCUT2D eigenvalue weighted by Crippen LogP contribution is 2.33. The molecular formula is C22H13N3O4. The summed E-state index contributed by atoms with van der Waals surface area (Å²) in [5.74, 6) is -1.79. The summed E-state index contributed by atoms with van der Waals surface area (Å²) in [4.78, 5) is 57.5. The van der Waals surface area contributed by atoms with Gasteiger partial charge in [0.05, 0.1) is 22.3 Å². The van der Waals surface area contributed by atoms with Crippen LogP contribution in [0.5, 0.6) is 0 Å². The van der Waals surface area contributed by atoms with Crippen molar-refractivity contribution in [3.63, 3.8) is 0 Å². The number of carbonyl (C=O) groups excluding carboxylic acids is 4. The van der Waals surface area contributed by atoms with Crippen molar-refractivity contribution in [2.75, 3.05) is 9.80 Å². The van der Waals surface area contributed by atoms with Gasteiger partial charge in [0.25, 0.3) is 23.6 Å². The van der Waals surface area contributed by atoms with Gasteiger partial charge in [-0.15, -0.1) is 0 Å². The monoisotopic (exact) mass is 383 g/mol. The van der Waals surface area contributed by atoms with Gasteiger partial charge in [0.1, 0.15) is 11.6 Å². The summed E-state index contributed by atoms with van der Waals surface area (Å²) in [6.07, 6.45) is 0. The van der Waals surface area contributed by atoms with Gasteiger partial charge in [-0.2, -0.15) is 0 Å². The molecule has 3 heterocycles. The summed E-state index contributed by atoms with van der Waals surface area (Å²) in [7, 11) is 0. The van der Waals surface area contributed by atoms with E-state index in [9.17, 15) is 19.2 Å². The molecule has 0 fully saturated rings. The highest BCUT2D eigenvalue weighted by Gasteiger charge is 2.40. The van der Waals surface area contributed by atoms with Crippen LogP contribution in [-0.2, 0) is 0 Å². The lowest BCUT2D eigenvalue weighted by Gasteiger charge is -2.19. The summed E-state index contributed by atoms with van der Waals surface area (Å²) >= 11 is 0. The quantitative estimate of drug-likeness (QED) is 0.635. The maximum Gasteiger partial charge on any atom is 0.267 e. The Bertz CT molecular complexity index is 1190. The number of hydrogen-bond acceptors (Lipinski definition) is 5. The maximum atomic E-state index is 12.8. The van der Waals surface area contributed by atoms with Crippen molar-refractivity contribution in [2.45, 2.75) is 6.92 Å². The Morgan fingerprint density at radius 2 is 1.00 bits per heavy atom. The van der Waals surface area contributed by atoms with Gasteiger partial charge in [0.15, 0.2) is 0 Å². The molecule has 0 spiro atoms. The Balaban J connectivity index is 1.60. The van der Waals surface area contributed by atoms with Gasteiger partial charge in [-0.3, -0.25) is 19.2 Å². The molecule has 3 aromatic rings. The number of carbonyl (C=O) groups is 4. The van der Waals surface area contributed by atoms with Gasteiger partial charge in [-0.05, 0) is 42.8 Å². The normalized spacial score (nSPS) is 15.2. The molecule has 0 aliphatic carbocycles. The third-order valence-electron chi connectivity index (χ3n) is 5.08. The topological polar surface area (TPSA) is 87.7 Å². The molecule has 0 atom stereocenters. The number of nitrogens with zero attached hydrogens (tertiary/aromatic N) is 3. The van der Waals surface area contributed by atoms with Crippen LogP contribution in [0.25, 0.3) is 0 Å². The van der Waals surface area contributed by atoms with Crippen molar-refractivity contribution in [1.29, 1.82) is 0 Å². The number of benzene rings is 2. The van der Waals surface area contributed by atoms with Crippen LogP contribution in [0.2, 0.25) is 0 Å². The van der Waals surface area contributed by atoms with Crippen LogP contribution < -0.4 is 9.80 Å². The zero-order valence-electron chi connectivity index (χ0n) is 15.2. The van der Waals surface area contributed by atoms with Crippen molar-refractivity contribution < 1.29 is 19.2 Å². The smallest absolute Gasteiger partial charge is 0.267 e. The Labute approximate surface area is 165 Å². The van der Waals surface area contributed by atoms with E-state index in [4.69, 9.17) is 0 Å². The van der Waals surface area contributed by atoms with Crippen LogP contribution in [0.1, 0.15) is 47.0 Å². The molecule has 0 bridgehead atoms. The summed E-state index contributed by atoms with van der Waals surface area (Å²) in [6, 6.07) is 16.2. The fourth-order valence-electron chi connectivity index (χ4n) is 3.64. The first-order valence-corrected chi connectivity index (χ1v) is 8.92. The van der Waals surface area contributed by atoms with E-state index in [0.717, 1.165) is 9.80 Å². The van der Waals surface area contributed by atoms with Crippen molar-refractivity contribution in [3.8, 4) is 0 Å². The Kier molecular flexibility index (Phi) is 3.48. The number of hydrogen-bond donors (Lipinski definition) is 0. The number of rotatable bonds is 2. The third kappa shape index (κ3) is 2.27. The van der Waals surface area contributed by atoms with Crippen LogP contribution in [0.3, 0.4) is 0 Å². The molecule has 4 amide bonds. The van der Waals surface area contributed by atoms with E-state index in [1.807, 2.05) is 0 Å². The molecule has 7 nitrogen and oxygen atoms in total. The average molecular weight is 383 g/mol. The van der Waals surface area contributed by atoms with E-state index in [-0.39, 0.29) is 11.6 Å². The van der Waals surface area contributed by atoms with Crippen LogP contribution in [0.4, 0.5) is 11.6 Å². The summed E-state index contributed by atoms with van der Waals surface area (Å²) in [5.41, 5.74) is 1.75. The van der Waals surface area contributed by atoms with E-state index in [1.165, 1.54) is 6.07 Å². The van der Waals surface area contributed by atoms with Crippen molar-refractivity contribution in [1.82, 2.24) is 4.98 Å². The molecule has 2 aliphatic heterocycles. The number of fused-ring (bicyclic) bond motifs is 2. The van der Waals surface area contributed by atoms with E-state index >= 15 is 0 Å². The van der Waals surface area contributed by atoms with E-state index in [0.29, 0.717) is 27.8 Å². The van der Waals surface area contributed by atoms with Crippen molar-refractivity contribution in [3.05, 3.63) is 88.5 Å². The van der Waals surface area contributed by atoms with Gasteiger partial charge >= 0.3 is 0 Å². The predicted octanol–water partition coefficient (Wildman–Crippen LogP) is 2.99. The zero-order chi connectivity index (χ0) is 20.3. The molecule has 2 aromatic carbocycles. The Morgan fingerprint density at radius 1 is 0.586 bits per heavy atom. The minimum Gasteiger partial charge on any atom is -0.268 e. The minimum absolute atomic E-state index is 0.0633. The summed E-state index contributed by atoms with van der Waals surface area (Å²) < 4.78 is 0. The van der Waals surface area contributed by atoms with E-state index < -0.39 is 23.6 Å². The lowest BCUT2D eigenvalue weighted by atomic mass is 10.1. The largest absolute Gasteiger partial charge is 0.268 e. The first-order valence-electron chi connectivity index (χ1n) is 8.92.